The first-order chi connectivity index (χ1) is 8.58. The zero-order valence-electron chi connectivity index (χ0n) is 10.8. The number of carboxylic acid groups (broad SMARTS) is 1. The molecule has 2 fully saturated rings. The summed E-state index contributed by atoms with van der Waals surface area (Å²) in [5.74, 6) is -0.726. The van der Waals surface area contributed by atoms with Gasteiger partial charge in [-0.15, -0.1) is 0 Å². The van der Waals surface area contributed by atoms with E-state index >= 15 is 0 Å². The largest absolute Gasteiger partial charge is 0.480 e. The smallest absolute Gasteiger partial charge is 0.321 e. The molecule has 0 aliphatic heterocycles. The Hall–Kier alpha value is -1.10. The molecule has 1 amide bonds. The Labute approximate surface area is 107 Å². The molecule has 0 radical (unpaired) electrons. The summed E-state index contributed by atoms with van der Waals surface area (Å²) in [6.07, 6.45) is 6.33. The Morgan fingerprint density at radius 1 is 1.17 bits per heavy atom. The molecule has 0 aromatic heterocycles. The Balaban J connectivity index is 1.79. The fourth-order valence-corrected chi connectivity index (χ4v) is 2.58. The van der Waals surface area contributed by atoms with E-state index in [1.807, 2.05) is 0 Å². The van der Waals surface area contributed by atoms with Crippen LogP contribution in [0.3, 0.4) is 0 Å². The minimum Gasteiger partial charge on any atom is -0.480 e. The molecule has 2 aliphatic rings. The number of carbonyl (C=O) groups is 2. The first-order valence-electron chi connectivity index (χ1n) is 6.87. The lowest BCUT2D eigenvalue weighted by Crippen LogP contribution is -2.51. The van der Waals surface area contributed by atoms with Gasteiger partial charge in [0.05, 0.1) is 6.04 Å². The van der Waals surface area contributed by atoms with Crippen molar-refractivity contribution < 1.29 is 14.7 Å². The average molecular weight is 254 g/mol. The molecular formula is C13H22N2O3. The molecule has 102 valence electrons. The third-order valence-corrected chi connectivity index (χ3v) is 3.88. The zero-order valence-corrected chi connectivity index (χ0v) is 10.8. The van der Waals surface area contributed by atoms with Gasteiger partial charge < -0.3 is 10.4 Å². The third-order valence-electron chi connectivity index (χ3n) is 3.88. The van der Waals surface area contributed by atoms with Crippen LogP contribution in [0.5, 0.6) is 0 Å². The molecule has 0 spiro atoms. The highest BCUT2D eigenvalue weighted by molar-refractivity contribution is 5.83. The standard InChI is InChI=1S/C13H22N2O3/c1-8(12(16)15-10-4-2-3-5-10)14-11(13(17)18)9-6-7-9/h8-11,14H,2-7H2,1H3,(H,15,16)(H,17,18). The summed E-state index contributed by atoms with van der Waals surface area (Å²) >= 11 is 0. The second-order valence-corrected chi connectivity index (χ2v) is 5.53. The highest BCUT2D eigenvalue weighted by Crippen LogP contribution is 2.32. The summed E-state index contributed by atoms with van der Waals surface area (Å²) in [5.41, 5.74) is 0. The maximum atomic E-state index is 11.9. The van der Waals surface area contributed by atoms with Crippen LogP contribution < -0.4 is 10.6 Å². The molecule has 0 saturated heterocycles. The van der Waals surface area contributed by atoms with Crippen molar-refractivity contribution in [3.05, 3.63) is 0 Å². The molecule has 5 nitrogen and oxygen atoms in total. The number of rotatable bonds is 6. The molecule has 0 heterocycles. The van der Waals surface area contributed by atoms with Crippen LogP contribution in [0.25, 0.3) is 0 Å². The second kappa shape index (κ2) is 5.69. The van der Waals surface area contributed by atoms with Crippen molar-refractivity contribution >= 4 is 11.9 Å². The molecule has 2 saturated carbocycles. The van der Waals surface area contributed by atoms with Crippen LogP contribution in [0.15, 0.2) is 0 Å². The summed E-state index contributed by atoms with van der Waals surface area (Å²) in [5, 5.41) is 15.0. The Bertz CT molecular complexity index is 322. The van der Waals surface area contributed by atoms with Crippen LogP contribution in [-0.2, 0) is 9.59 Å². The Morgan fingerprint density at radius 3 is 2.28 bits per heavy atom. The van der Waals surface area contributed by atoms with E-state index in [1.54, 1.807) is 6.92 Å². The second-order valence-electron chi connectivity index (χ2n) is 5.53. The summed E-state index contributed by atoms with van der Waals surface area (Å²) in [7, 11) is 0. The van der Waals surface area contributed by atoms with Crippen LogP contribution in [0.1, 0.15) is 45.4 Å². The number of amides is 1. The fourth-order valence-electron chi connectivity index (χ4n) is 2.58. The van der Waals surface area contributed by atoms with Gasteiger partial charge in [0.1, 0.15) is 6.04 Å². The molecule has 2 aliphatic carbocycles. The van der Waals surface area contributed by atoms with Crippen LogP contribution in [0.4, 0.5) is 0 Å². The van der Waals surface area contributed by atoms with Gasteiger partial charge >= 0.3 is 5.97 Å². The number of aliphatic carboxylic acids is 1. The highest BCUT2D eigenvalue weighted by atomic mass is 16.4. The number of hydrogen-bond acceptors (Lipinski definition) is 3. The predicted octanol–water partition coefficient (Wildman–Crippen LogP) is 0.886. The number of carboxylic acids is 1. The minimum atomic E-state index is -0.849. The highest BCUT2D eigenvalue weighted by Gasteiger charge is 2.37. The van der Waals surface area contributed by atoms with Crippen LogP contribution in [-0.4, -0.2) is 35.1 Å². The Morgan fingerprint density at radius 2 is 1.78 bits per heavy atom. The lowest BCUT2D eigenvalue weighted by molar-refractivity contribution is -0.140. The maximum Gasteiger partial charge on any atom is 0.321 e. The third kappa shape index (κ3) is 3.45. The van der Waals surface area contributed by atoms with E-state index < -0.39 is 18.1 Å². The molecule has 3 N–H and O–H groups in total. The maximum absolute atomic E-state index is 11.9. The minimum absolute atomic E-state index is 0.0752. The molecule has 0 bridgehead atoms. The van der Waals surface area contributed by atoms with Crippen molar-refractivity contribution in [2.24, 2.45) is 5.92 Å². The lowest BCUT2D eigenvalue weighted by Gasteiger charge is -2.21. The summed E-state index contributed by atoms with van der Waals surface area (Å²) in [6.45, 7) is 1.74. The fraction of sp³-hybridized carbons (Fsp3) is 0.846. The van der Waals surface area contributed by atoms with Crippen LogP contribution in [0.2, 0.25) is 0 Å². The van der Waals surface area contributed by atoms with Gasteiger partial charge in [0.15, 0.2) is 0 Å². The van der Waals surface area contributed by atoms with Gasteiger partial charge in [-0.25, -0.2) is 0 Å². The zero-order chi connectivity index (χ0) is 13.1. The quantitative estimate of drug-likeness (QED) is 0.657. The molecule has 5 heteroatoms. The van der Waals surface area contributed by atoms with Gasteiger partial charge in [-0.05, 0) is 38.5 Å². The van der Waals surface area contributed by atoms with Crippen LogP contribution in [0, 0.1) is 5.92 Å². The van der Waals surface area contributed by atoms with Crippen molar-refractivity contribution in [2.45, 2.75) is 63.6 Å². The molecule has 0 aromatic carbocycles. The monoisotopic (exact) mass is 254 g/mol. The topological polar surface area (TPSA) is 78.4 Å². The van der Waals surface area contributed by atoms with Crippen molar-refractivity contribution in [3.63, 3.8) is 0 Å². The van der Waals surface area contributed by atoms with E-state index in [0.29, 0.717) is 0 Å². The van der Waals surface area contributed by atoms with Crippen molar-refractivity contribution in [3.8, 4) is 0 Å². The molecule has 18 heavy (non-hydrogen) atoms. The molecular weight excluding hydrogens is 232 g/mol. The first kappa shape index (κ1) is 13.3. The predicted molar refractivity (Wildman–Crippen MR) is 67.1 cm³/mol. The van der Waals surface area contributed by atoms with E-state index in [1.165, 1.54) is 12.8 Å². The van der Waals surface area contributed by atoms with Crippen molar-refractivity contribution in [2.75, 3.05) is 0 Å². The Kier molecular flexibility index (Phi) is 4.22. The van der Waals surface area contributed by atoms with E-state index in [9.17, 15) is 9.59 Å². The van der Waals surface area contributed by atoms with Gasteiger partial charge in [-0.2, -0.15) is 0 Å². The molecule has 0 aromatic rings. The van der Waals surface area contributed by atoms with E-state index in [2.05, 4.69) is 10.6 Å². The van der Waals surface area contributed by atoms with Gasteiger partial charge in [0.2, 0.25) is 5.91 Å². The van der Waals surface area contributed by atoms with E-state index in [4.69, 9.17) is 5.11 Å². The molecule has 2 rings (SSSR count). The number of hydrogen-bond donors (Lipinski definition) is 3. The van der Waals surface area contributed by atoms with Gasteiger partial charge in [0.25, 0.3) is 0 Å². The van der Waals surface area contributed by atoms with Gasteiger partial charge in [-0.3, -0.25) is 14.9 Å². The summed E-state index contributed by atoms with van der Waals surface area (Å²) in [4.78, 5) is 23.0. The number of nitrogens with one attached hydrogen (secondary N) is 2. The van der Waals surface area contributed by atoms with E-state index in [-0.39, 0.29) is 17.9 Å². The van der Waals surface area contributed by atoms with Crippen LogP contribution >= 0.6 is 0 Å². The summed E-state index contributed by atoms with van der Waals surface area (Å²) in [6, 6.07) is -0.729. The SMILES string of the molecule is CC(NC(C(=O)O)C1CC1)C(=O)NC1CCCC1. The lowest BCUT2D eigenvalue weighted by atomic mass is 10.1. The number of carbonyl (C=O) groups excluding carboxylic acids is 1. The van der Waals surface area contributed by atoms with Gasteiger partial charge in [0, 0.05) is 6.04 Å². The molecule has 2 unspecified atom stereocenters. The van der Waals surface area contributed by atoms with Crippen molar-refractivity contribution in [1.82, 2.24) is 10.6 Å². The van der Waals surface area contributed by atoms with Crippen molar-refractivity contribution in [1.29, 1.82) is 0 Å². The summed E-state index contributed by atoms with van der Waals surface area (Å²) < 4.78 is 0. The first-order valence-corrected chi connectivity index (χ1v) is 6.87. The van der Waals surface area contributed by atoms with E-state index in [0.717, 1.165) is 25.7 Å². The average Bonchev–Trinajstić information content (AvgIpc) is 3.03. The molecule has 2 atom stereocenters. The van der Waals surface area contributed by atoms with Gasteiger partial charge in [-0.1, -0.05) is 12.8 Å². The normalized spacial score (nSPS) is 23.6.